The first-order valence-electron chi connectivity index (χ1n) is 15.7. The van der Waals surface area contributed by atoms with Crippen molar-refractivity contribution >= 4 is 11.9 Å². The number of ether oxygens (including phenoxy) is 3. The second kappa shape index (κ2) is 8.13. The van der Waals surface area contributed by atoms with Crippen LogP contribution in [0.15, 0.2) is 12.2 Å². The van der Waals surface area contributed by atoms with Crippen LogP contribution in [0.5, 0.6) is 0 Å². The molecule has 218 valence electrons. The average Bonchev–Trinajstić information content (AvgIpc) is 3.44. The number of hydrogen-bond acceptors (Lipinski definition) is 5. The molecule has 0 aromatic rings. The Morgan fingerprint density at radius 3 is 2.03 bits per heavy atom. The zero-order chi connectivity index (χ0) is 28.4. The van der Waals surface area contributed by atoms with Crippen LogP contribution < -0.4 is 0 Å². The highest BCUT2D eigenvalue weighted by Gasteiger charge is 2.89. The lowest BCUT2D eigenvalue weighted by Crippen LogP contribution is -2.69. The first kappa shape index (κ1) is 27.8. The topological polar surface area (TPSA) is 65.1 Å². The SMILES string of the molecule is C=C(C)[C@]12CC[C@]3(COC(C)=O)CC[C@]4(C)[C@H](CC[C@@H]5[C@@]6(C)CC[C@H](OC(C)=O)C(C)(C)[C@@H]6CC[C@]54C)[C@@]31O2. The van der Waals surface area contributed by atoms with Crippen LogP contribution in [0.25, 0.3) is 0 Å². The van der Waals surface area contributed by atoms with E-state index in [1.54, 1.807) is 6.92 Å². The highest BCUT2D eigenvalue weighted by Crippen LogP contribution is 2.84. The molecule has 1 heterocycles. The molecule has 1 aliphatic heterocycles. The van der Waals surface area contributed by atoms with Gasteiger partial charge in [-0.3, -0.25) is 9.59 Å². The third-order valence-electron chi connectivity index (χ3n) is 14.6. The summed E-state index contributed by atoms with van der Waals surface area (Å²) in [5.74, 6) is 1.30. The Hall–Kier alpha value is -1.36. The van der Waals surface area contributed by atoms with Gasteiger partial charge in [0.15, 0.2) is 0 Å². The Morgan fingerprint density at radius 1 is 0.769 bits per heavy atom. The first-order chi connectivity index (χ1) is 18.1. The van der Waals surface area contributed by atoms with E-state index in [0.29, 0.717) is 24.4 Å². The summed E-state index contributed by atoms with van der Waals surface area (Å²) in [7, 11) is 0. The summed E-state index contributed by atoms with van der Waals surface area (Å²) in [5.41, 5.74) is 1.12. The summed E-state index contributed by atoms with van der Waals surface area (Å²) in [6.45, 7) is 22.7. The minimum atomic E-state index is -0.258. The lowest BCUT2D eigenvalue weighted by atomic mass is 9.32. The molecule has 6 fully saturated rings. The Kier molecular flexibility index (Phi) is 5.80. The normalized spacial score (nSPS) is 52.7. The van der Waals surface area contributed by atoms with Gasteiger partial charge in [-0.15, -0.1) is 0 Å². The van der Waals surface area contributed by atoms with Crippen molar-refractivity contribution < 1.29 is 23.8 Å². The predicted molar refractivity (Wildman–Crippen MR) is 151 cm³/mol. The van der Waals surface area contributed by atoms with Crippen molar-refractivity contribution in [1.82, 2.24) is 0 Å². The van der Waals surface area contributed by atoms with Gasteiger partial charge in [0.1, 0.15) is 17.3 Å². The lowest BCUT2D eigenvalue weighted by molar-refractivity contribution is -0.254. The first-order valence-corrected chi connectivity index (χ1v) is 15.7. The number of carbonyl (C=O) groups excluding carboxylic acids is 2. The number of epoxide rings is 1. The van der Waals surface area contributed by atoms with Crippen LogP contribution in [-0.2, 0) is 23.8 Å². The van der Waals surface area contributed by atoms with Crippen LogP contribution in [0.3, 0.4) is 0 Å². The van der Waals surface area contributed by atoms with E-state index in [1.807, 2.05) is 0 Å². The Labute approximate surface area is 236 Å². The van der Waals surface area contributed by atoms with E-state index in [9.17, 15) is 9.59 Å². The third kappa shape index (κ3) is 3.12. The van der Waals surface area contributed by atoms with Gasteiger partial charge in [-0.05, 0) is 111 Å². The second-order valence-electron chi connectivity index (χ2n) is 16.1. The van der Waals surface area contributed by atoms with Crippen molar-refractivity contribution in [3.05, 3.63) is 12.2 Å². The minimum absolute atomic E-state index is 0.00866. The van der Waals surface area contributed by atoms with E-state index in [-0.39, 0.29) is 56.3 Å². The Morgan fingerprint density at radius 2 is 1.41 bits per heavy atom. The number of carbonyl (C=O) groups is 2. The van der Waals surface area contributed by atoms with Crippen LogP contribution >= 0.6 is 0 Å². The molecule has 0 unspecified atom stereocenters. The van der Waals surface area contributed by atoms with Gasteiger partial charge in [-0.25, -0.2) is 0 Å². The largest absolute Gasteiger partial charge is 0.465 e. The van der Waals surface area contributed by atoms with Crippen molar-refractivity contribution in [2.75, 3.05) is 6.61 Å². The maximum atomic E-state index is 12.0. The molecule has 6 aliphatic rings. The van der Waals surface area contributed by atoms with E-state index in [0.717, 1.165) is 37.7 Å². The van der Waals surface area contributed by atoms with E-state index in [1.165, 1.54) is 39.0 Å². The molecular weight excluding hydrogens is 488 g/mol. The maximum absolute atomic E-state index is 12.0. The molecule has 10 atom stereocenters. The quantitative estimate of drug-likeness (QED) is 0.211. The lowest BCUT2D eigenvalue weighted by Gasteiger charge is -2.72. The highest BCUT2D eigenvalue weighted by atomic mass is 16.6. The molecule has 0 bridgehead atoms. The van der Waals surface area contributed by atoms with Crippen molar-refractivity contribution in [3.8, 4) is 0 Å². The molecule has 0 N–H and O–H groups in total. The van der Waals surface area contributed by atoms with E-state index >= 15 is 0 Å². The smallest absolute Gasteiger partial charge is 0.302 e. The van der Waals surface area contributed by atoms with E-state index in [4.69, 9.17) is 14.2 Å². The van der Waals surface area contributed by atoms with Crippen molar-refractivity contribution in [2.45, 2.75) is 137 Å². The summed E-state index contributed by atoms with van der Waals surface area (Å²) in [6.07, 6.45) is 11.2. The molecule has 39 heavy (non-hydrogen) atoms. The molecule has 0 amide bonds. The predicted octanol–water partition coefficient (Wildman–Crippen LogP) is 7.41. The summed E-state index contributed by atoms with van der Waals surface area (Å²) in [4.78, 5) is 23.9. The third-order valence-corrected chi connectivity index (χ3v) is 14.6. The molecule has 5 nitrogen and oxygen atoms in total. The van der Waals surface area contributed by atoms with E-state index in [2.05, 4.69) is 48.1 Å². The zero-order valence-corrected chi connectivity index (χ0v) is 25.8. The van der Waals surface area contributed by atoms with Gasteiger partial charge in [-0.2, -0.15) is 0 Å². The zero-order valence-electron chi connectivity index (χ0n) is 25.8. The standard InChI is InChI=1S/C34H52O5/c1-21(2)33-19-18-32(20-37-22(3)35)17-16-31(9)26(34(32,33)39-33)11-10-25-29(7)14-13-27(38-23(4)36)28(5,6)24(29)12-15-30(25,31)8/h24-27H,1,10-20H2,2-9H3/t24-,25+,26-,27-,29-,30+,31+,32-,33+,34+/m0/s1. The summed E-state index contributed by atoms with van der Waals surface area (Å²) < 4.78 is 18.8. The Balaban J connectivity index is 1.38. The second-order valence-corrected chi connectivity index (χ2v) is 16.1. The fraction of sp³-hybridized carbons (Fsp3) is 0.882. The number of hydrogen-bond donors (Lipinski definition) is 0. The number of rotatable bonds is 4. The van der Waals surface area contributed by atoms with Gasteiger partial charge in [0, 0.05) is 24.7 Å². The molecule has 0 aromatic heterocycles. The van der Waals surface area contributed by atoms with Crippen LogP contribution in [0.4, 0.5) is 0 Å². The minimum Gasteiger partial charge on any atom is -0.465 e. The fourth-order valence-electron chi connectivity index (χ4n) is 12.7. The molecule has 0 aromatic carbocycles. The van der Waals surface area contributed by atoms with Crippen molar-refractivity contribution in [2.24, 2.45) is 44.8 Å². The molecule has 1 saturated heterocycles. The van der Waals surface area contributed by atoms with Gasteiger partial charge in [0.05, 0.1) is 6.61 Å². The molecule has 5 saturated carbocycles. The van der Waals surface area contributed by atoms with E-state index < -0.39 is 0 Å². The molecular formula is C34H52O5. The van der Waals surface area contributed by atoms with Crippen molar-refractivity contribution in [3.63, 3.8) is 0 Å². The molecule has 6 rings (SSSR count). The molecule has 5 heteroatoms. The summed E-state index contributed by atoms with van der Waals surface area (Å²) >= 11 is 0. The van der Waals surface area contributed by atoms with Crippen LogP contribution in [0.1, 0.15) is 120 Å². The number of fused-ring (bicyclic) bond motifs is 5. The Bertz CT molecular complexity index is 1110. The highest BCUT2D eigenvalue weighted by molar-refractivity contribution is 5.66. The molecule has 5 aliphatic carbocycles. The summed E-state index contributed by atoms with van der Waals surface area (Å²) in [5, 5.41) is 0. The molecule has 0 radical (unpaired) electrons. The van der Waals surface area contributed by atoms with Gasteiger partial charge in [-0.1, -0.05) is 41.2 Å². The number of esters is 2. The van der Waals surface area contributed by atoms with Crippen LogP contribution in [0.2, 0.25) is 0 Å². The molecule has 1 spiro atoms. The van der Waals surface area contributed by atoms with Crippen molar-refractivity contribution in [1.29, 1.82) is 0 Å². The van der Waals surface area contributed by atoms with Gasteiger partial charge in [0.2, 0.25) is 0 Å². The van der Waals surface area contributed by atoms with Crippen LogP contribution in [-0.4, -0.2) is 35.9 Å². The van der Waals surface area contributed by atoms with Gasteiger partial charge < -0.3 is 14.2 Å². The average molecular weight is 541 g/mol. The van der Waals surface area contributed by atoms with Crippen LogP contribution in [0, 0.1) is 44.8 Å². The van der Waals surface area contributed by atoms with Gasteiger partial charge in [0.25, 0.3) is 0 Å². The summed E-state index contributed by atoms with van der Waals surface area (Å²) in [6, 6.07) is 0. The maximum Gasteiger partial charge on any atom is 0.302 e. The fourth-order valence-corrected chi connectivity index (χ4v) is 12.7. The monoisotopic (exact) mass is 540 g/mol. The van der Waals surface area contributed by atoms with Gasteiger partial charge >= 0.3 is 11.9 Å².